The van der Waals surface area contributed by atoms with Gasteiger partial charge in [0.1, 0.15) is 5.75 Å². The van der Waals surface area contributed by atoms with Gasteiger partial charge in [-0.1, -0.05) is 12.2 Å². The zero-order chi connectivity index (χ0) is 15.0. The standard InChI is InChI=1S/C18H17NO3/c1-22-10-4-2-9(3-5-10)19-17(20)15-11-6-7-12(14-8-13(11)14)16(15)18(19)21/h2-7,11-16H,8H2,1H3/t11-,12-,13-,14+,15-,16-/m1/s1. The first-order chi connectivity index (χ1) is 10.7. The lowest BCUT2D eigenvalue weighted by atomic mass is 9.63. The molecule has 6 rings (SSSR count). The number of carbonyl (C=O) groups is 2. The first-order valence-electron chi connectivity index (χ1n) is 7.91. The molecule has 4 heteroatoms. The molecule has 1 aromatic carbocycles. The molecule has 1 saturated heterocycles. The van der Waals surface area contributed by atoms with Gasteiger partial charge in [0.05, 0.1) is 24.6 Å². The molecule has 5 aliphatic rings. The number of amides is 2. The van der Waals surface area contributed by atoms with E-state index in [4.69, 9.17) is 4.74 Å². The van der Waals surface area contributed by atoms with E-state index in [0.29, 0.717) is 17.5 Å². The molecule has 1 aliphatic heterocycles. The van der Waals surface area contributed by atoms with Gasteiger partial charge in [0, 0.05) is 0 Å². The van der Waals surface area contributed by atoms with E-state index < -0.39 is 0 Å². The van der Waals surface area contributed by atoms with Crippen molar-refractivity contribution in [3.8, 4) is 5.75 Å². The zero-order valence-corrected chi connectivity index (χ0v) is 12.3. The Hall–Kier alpha value is -2.10. The van der Waals surface area contributed by atoms with Crippen LogP contribution in [-0.4, -0.2) is 18.9 Å². The highest BCUT2D eigenvalue weighted by Gasteiger charge is 2.67. The van der Waals surface area contributed by atoms with Crippen LogP contribution < -0.4 is 9.64 Å². The third-order valence-corrected chi connectivity index (χ3v) is 5.99. The summed E-state index contributed by atoms with van der Waals surface area (Å²) in [5, 5.41) is 0. The maximum absolute atomic E-state index is 12.9. The summed E-state index contributed by atoms with van der Waals surface area (Å²) in [4.78, 5) is 27.2. The number of carbonyl (C=O) groups excluding carboxylic acids is 2. The number of imide groups is 1. The first kappa shape index (κ1) is 12.4. The summed E-state index contributed by atoms with van der Waals surface area (Å²) in [6, 6.07) is 7.18. The Morgan fingerprint density at radius 2 is 1.50 bits per heavy atom. The minimum absolute atomic E-state index is 0.00938. The van der Waals surface area contributed by atoms with E-state index in [-0.39, 0.29) is 35.5 Å². The van der Waals surface area contributed by atoms with Gasteiger partial charge in [-0.25, -0.2) is 0 Å². The van der Waals surface area contributed by atoms with Crippen molar-refractivity contribution in [3.05, 3.63) is 36.4 Å². The van der Waals surface area contributed by atoms with Gasteiger partial charge in [-0.05, 0) is 54.4 Å². The first-order valence-corrected chi connectivity index (χ1v) is 7.91. The fourth-order valence-corrected chi connectivity index (χ4v) is 4.94. The maximum Gasteiger partial charge on any atom is 0.238 e. The van der Waals surface area contributed by atoms with Crippen molar-refractivity contribution in [1.29, 1.82) is 0 Å². The average molecular weight is 295 g/mol. The Bertz CT molecular complexity index is 672. The molecule has 0 unspecified atom stereocenters. The molecule has 1 heterocycles. The summed E-state index contributed by atoms with van der Waals surface area (Å²) in [5.41, 5.74) is 0.665. The van der Waals surface area contributed by atoms with E-state index in [9.17, 15) is 9.59 Å². The maximum atomic E-state index is 12.9. The van der Waals surface area contributed by atoms with E-state index in [2.05, 4.69) is 12.2 Å². The molecular formula is C18H17NO3. The molecule has 22 heavy (non-hydrogen) atoms. The van der Waals surface area contributed by atoms with E-state index >= 15 is 0 Å². The van der Waals surface area contributed by atoms with Gasteiger partial charge in [-0.3, -0.25) is 14.5 Å². The summed E-state index contributed by atoms with van der Waals surface area (Å²) in [5.74, 6) is 2.28. The monoisotopic (exact) mass is 295 g/mol. The van der Waals surface area contributed by atoms with Crippen LogP contribution in [0.5, 0.6) is 5.75 Å². The highest BCUT2D eigenvalue weighted by Crippen LogP contribution is 2.65. The van der Waals surface area contributed by atoms with Crippen LogP contribution in [0.25, 0.3) is 0 Å². The fourth-order valence-electron chi connectivity index (χ4n) is 4.94. The molecule has 0 N–H and O–H groups in total. The summed E-state index contributed by atoms with van der Waals surface area (Å²) in [6.45, 7) is 0. The van der Waals surface area contributed by atoms with E-state index in [1.165, 1.54) is 11.3 Å². The number of hydrogen-bond acceptors (Lipinski definition) is 3. The minimum Gasteiger partial charge on any atom is -0.497 e. The van der Waals surface area contributed by atoms with Crippen LogP contribution in [0.2, 0.25) is 0 Å². The van der Waals surface area contributed by atoms with Crippen molar-refractivity contribution in [1.82, 2.24) is 0 Å². The third kappa shape index (κ3) is 1.38. The van der Waals surface area contributed by atoms with Crippen LogP contribution in [0, 0.1) is 35.5 Å². The lowest BCUT2D eigenvalue weighted by molar-refractivity contribution is -0.124. The third-order valence-electron chi connectivity index (χ3n) is 5.99. The van der Waals surface area contributed by atoms with Crippen molar-refractivity contribution in [2.75, 3.05) is 12.0 Å². The molecule has 6 atom stereocenters. The molecule has 2 bridgehead atoms. The molecule has 0 radical (unpaired) electrons. The molecule has 112 valence electrons. The largest absolute Gasteiger partial charge is 0.497 e. The Balaban J connectivity index is 1.54. The number of ether oxygens (including phenoxy) is 1. The normalized spacial score (nSPS) is 40.7. The number of nitrogens with zero attached hydrogens (tertiary/aromatic N) is 1. The Labute approximate surface area is 128 Å². The molecule has 0 spiro atoms. The summed E-state index contributed by atoms with van der Waals surface area (Å²) >= 11 is 0. The van der Waals surface area contributed by atoms with Crippen LogP contribution in [0.4, 0.5) is 5.69 Å². The van der Waals surface area contributed by atoms with Gasteiger partial charge in [0.2, 0.25) is 11.8 Å². The van der Waals surface area contributed by atoms with Crippen LogP contribution in [0.15, 0.2) is 36.4 Å². The Morgan fingerprint density at radius 1 is 0.955 bits per heavy atom. The molecule has 1 aromatic rings. The summed E-state index contributed by atoms with van der Waals surface area (Å²) in [7, 11) is 1.60. The van der Waals surface area contributed by atoms with Crippen molar-refractivity contribution in [3.63, 3.8) is 0 Å². The molecular weight excluding hydrogens is 278 g/mol. The van der Waals surface area contributed by atoms with Gasteiger partial charge in [-0.2, -0.15) is 0 Å². The van der Waals surface area contributed by atoms with Gasteiger partial charge in [0.25, 0.3) is 0 Å². The van der Waals surface area contributed by atoms with Crippen LogP contribution in [0.3, 0.4) is 0 Å². The summed E-state index contributed by atoms with van der Waals surface area (Å²) in [6.07, 6.45) is 5.59. The number of methoxy groups -OCH3 is 1. The van der Waals surface area contributed by atoms with Crippen LogP contribution in [0.1, 0.15) is 6.42 Å². The second-order valence-electron chi connectivity index (χ2n) is 6.86. The second kappa shape index (κ2) is 4.00. The lowest BCUT2D eigenvalue weighted by Crippen LogP contribution is -2.40. The Kier molecular flexibility index (Phi) is 2.26. The highest BCUT2D eigenvalue weighted by molar-refractivity contribution is 6.22. The van der Waals surface area contributed by atoms with Crippen molar-refractivity contribution in [2.24, 2.45) is 35.5 Å². The number of allylic oxidation sites excluding steroid dienone is 2. The van der Waals surface area contributed by atoms with Gasteiger partial charge in [-0.15, -0.1) is 0 Å². The quantitative estimate of drug-likeness (QED) is 0.621. The number of benzene rings is 1. The zero-order valence-electron chi connectivity index (χ0n) is 12.3. The molecule has 0 aromatic heterocycles. The van der Waals surface area contributed by atoms with Gasteiger partial charge >= 0.3 is 0 Å². The molecule has 2 saturated carbocycles. The predicted molar refractivity (Wildman–Crippen MR) is 80.2 cm³/mol. The van der Waals surface area contributed by atoms with Gasteiger partial charge in [0.15, 0.2) is 0 Å². The lowest BCUT2D eigenvalue weighted by Gasteiger charge is -2.37. The smallest absolute Gasteiger partial charge is 0.238 e. The van der Waals surface area contributed by atoms with Crippen LogP contribution in [-0.2, 0) is 9.59 Å². The fraction of sp³-hybridized carbons (Fsp3) is 0.444. The second-order valence-corrected chi connectivity index (χ2v) is 6.86. The average Bonchev–Trinajstić information content (AvgIpc) is 3.32. The van der Waals surface area contributed by atoms with E-state index in [1.807, 2.05) is 0 Å². The summed E-state index contributed by atoms with van der Waals surface area (Å²) < 4.78 is 5.15. The SMILES string of the molecule is COc1ccc(N2C(=O)[C@@H]3[C@@H]4C=C[C@H]([C@@H]5C[C@H]45)[C@H]3C2=O)cc1. The van der Waals surface area contributed by atoms with E-state index in [1.54, 1.807) is 31.4 Å². The topological polar surface area (TPSA) is 46.6 Å². The molecule has 4 nitrogen and oxygen atoms in total. The van der Waals surface area contributed by atoms with E-state index in [0.717, 1.165) is 5.75 Å². The van der Waals surface area contributed by atoms with Crippen molar-refractivity contribution in [2.45, 2.75) is 6.42 Å². The predicted octanol–water partition coefficient (Wildman–Crippen LogP) is 2.25. The number of rotatable bonds is 2. The molecule has 4 aliphatic carbocycles. The molecule has 2 amide bonds. The molecule has 3 fully saturated rings. The highest BCUT2D eigenvalue weighted by atomic mass is 16.5. The Morgan fingerprint density at radius 3 is 2.00 bits per heavy atom. The van der Waals surface area contributed by atoms with Crippen LogP contribution >= 0.6 is 0 Å². The minimum atomic E-state index is -0.131. The number of anilines is 1. The van der Waals surface area contributed by atoms with Gasteiger partial charge < -0.3 is 4.74 Å². The van der Waals surface area contributed by atoms with Crippen molar-refractivity contribution >= 4 is 17.5 Å². The van der Waals surface area contributed by atoms with Crippen molar-refractivity contribution < 1.29 is 14.3 Å². The number of hydrogen-bond donors (Lipinski definition) is 0.